The van der Waals surface area contributed by atoms with Crippen molar-refractivity contribution >= 4 is 5.91 Å². The van der Waals surface area contributed by atoms with Crippen LogP contribution in [-0.2, 0) is 11.3 Å². The Bertz CT molecular complexity index is 481. The lowest BCUT2D eigenvalue weighted by Gasteiger charge is -2.36. The first-order valence-electron chi connectivity index (χ1n) is 6.20. The van der Waals surface area contributed by atoms with Crippen molar-refractivity contribution < 1.29 is 22.7 Å². The maximum absolute atomic E-state index is 12.0. The lowest BCUT2D eigenvalue weighted by molar-refractivity contribution is -0.274. The van der Waals surface area contributed by atoms with E-state index in [0.717, 1.165) is 6.42 Å². The predicted molar refractivity (Wildman–Crippen MR) is 65.7 cm³/mol. The van der Waals surface area contributed by atoms with Crippen LogP contribution in [0.25, 0.3) is 0 Å². The van der Waals surface area contributed by atoms with Gasteiger partial charge in [-0.3, -0.25) is 4.79 Å². The van der Waals surface area contributed by atoms with Crippen LogP contribution in [0.5, 0.6) is 5.75 Å². The van der Waals surface area contributed by atoms with Gasteiger partial charge in [-0.1, -0.05) is 12.1 Å². The lowest BCUT2D eigenvalue weighted by Crippen LogP contribution is -2.58. The molecule has 0 aromatic heterocycles. The smallest absolute Gasteiger partial charge is 0.406 e. The Hall–Kier alpha value is -1.76. The van der Waals surface area contributed by atoms with E-state index >= 15 is 0 Å². The summed E-state index contributed by atoms with van der Waals surface area (Å²) in [6, 6.07) is 5.34. The number of halogens is 3. The highest BCUT2D eigenvalue weighted by molar-refractivity contribution is 5.86. The molecule has 1 aliphatic rings. The number of nitrogens with one attached hydrogen (secondary N) is 1. The van der Waals surface area contributed by atoms with E-state index in [1.165, 1.54) is 24.3 Å². The van der Waals surface area contributed by atoms with Crippen LogP contribution in [-0.4, -0.2) is 17.8 Å². The highest BCUT2D eigenvalue weighted by Gasteiger charge is 2.39. The second-order valence-electron chi connectivity index (χ2n) is 4.88. The molecule has 4 nitrogen and oxygen atoms in total. The number of hydrogen-bond donors (Lipinski definition) is 2. The highest BCUT2D eigenvalue weighted by atomic mass is 19.4. The van der Waals surface area contributed by atoms with Gasteiger partial charge in [-0.2, -0.15) is 0 Å². The van der Waals surface area contributed by atoms with Crippen LogP contribution < -0.4 is 15.8 Å². The maximum Gasteiger partial charge on any atom is 0.573 e. The lowest BCUT2D eigenvalue weighted by atomic mass is 9.77. The van der Waals surface area contributed by atoms with Crippen molar-refractivity contribution in [3.63, 3.8) is 0 Å². The molecule has 3 N–H and O–H groups in total. The number of ether oxygens (including phenoxy) is 1. The number of carbonyl (C=O) groups excluding carboxylic acids is 1. The van der Waals surface area contributed by atoms with Gasteiger partial charge in [0.2, 0.25) is 5.91 Å². The third kappa shape index (κ3) is 3.63. The summed E-state index contributed by atoms with van der Waals surface area (Å²) in [6.45, 7) is 0.226. The summed E-state index contributed by atoms with van der Waals surface area (Å²) in [5.74, 6) is -0.513. The van der Waals surface area contributed by atoms with Gasteiger partial charge in [0.05, 0.1) is 5.54 Å². The Kier molecular flexibility index (Phi) is 3.89. The Morgan fingerprint density at radius 1 is 1.30 bits per heavy atom. The second kappa shape index (κ2) is 5.32. The molecule has 0 radical (unpaired) electrons. The van der Waals surface area contributed by atoms with Crippen LogP contribution in [0.4, 0.5) is 13.2 Å². The van der Waals surface area contributed by atoms with Crippen LogP contribution in [0.1, 0.15) is 24.8 Å². The number of nitrogens with two attached hydrogens (primary N) is 1. The Morgan fingerprint density at radius 2 is 1.90 bits per heavy atom. The summed E-state index contributed by atoms with van der Waals surface area (Å²) in [4.78, 5) is 11.8. The monoisotopic (exact) mass is 288 g/mol. The first kappa shape index (κ1) is 14.6. The molecular formula is C13H15F3N2O2. The minimum absolute atomic E-state index is 0.223. The summed E-state index contributed by atoms with van der Waals surface area (Å²) in [5.41, 5.74) is 5.75. The maximum atomic E-state index is 12.0. The molecule has 110 valence electrons. The fourth-order valence-electron chi connectivity index (χ4n) is 1.95. The number of rotatable bonds is 4. The second-order valence-corrected chi connectivity index (χ2v) is 4.88. The quantitative estimate of drug-likeness (QED) is 0.891. The predicted octanol–water partition coefficient (Wildman–Crippen LogP) is 2.08. The van der Waals surface area contributed by atoms with Gasteiger partial charge in [-0.05, 0) is 37.0 Å². The zero-order valence-corrected chi connectivity index (χ0v) is 10.7. The Balaban J connectivity index is 1.86. The molecule has 1 aliphatic carbocycles. The molecule has 1 aromatic carbocycles. The molecule has 1 saturated carbocycles. The van der Waals surface area contributed by atoms with Crippen LogP contribution in [0.15, 0.2) is 24.3 Å². The average molecular weight is 288 g/mol. The van der Waals surface area contributed by atoms with E-state index in [1.807, 2.05) is 0 Å². The summed E-state index contributed by atoms with van der Waals surface area (Å²) in [7, 11) is 0. The van der Waals surface area contributed by atoms with E-state index in [2.05, 4.69) is 10.1 Å². The molecule has 0 heterocycles. The van der Waals surface area contributed by atoms with E-state index in [1.54, 1.807) is 0 Å². The summed E-state index contributed by atoms with van der Waals surface area (Å²) >= 11 is 0. The third-order valence-electron chi connectivity index (χ3n) is 3.31. The number of amides is 1. The molecule has 0 spiro atoms. The van der Waals surface area contributed by atoms with Gasteiger partial charge < -0.3 is 15.8 Å². The third-order valence-corrected chi connectivity index (χ3v) is 3.31. The minimum atomic E-state index is -4.70. The fourth-order valence-corrected chi connectivity index (χ4v) is 1.95. The van der Waals surface area contributed by atoms with Crippen LogP contribution in [0.3, 0.4) is 0 Å². The Morgan fingerprint density at radius 3 is 2.35 bits per heavy atom. The largest absolute Gasteiger partial charge is 0.573 e. The first-order chi connectivity index (χ1) is 9.28. The molecule has 2 rings (SSSR count). The molecule has 0 atom stereocenters. The molecule has 1 aromatic rings. The molecular weight excluding hydrogens is 273 g/mol. The van der Waals surface area contributed by atoms with E-state index in [9.17, 15) is 18.0 Å². The van der Waals surface area contributed by atoms with Crippen LogP contribution >= 0.6 is 0 Å². The SMILES string of the molecule is NC1(C(=O)NCc2ccc(OC(F)(F)F)cc2)CCC1. The van der Waals surface area contributed by atoms with Crippen molar-refractivity contribution in [1.82, 2.24) is 5.32 Å². The minimum Gasteiger partial charge on any atom is -0.406 e. The molecule has 7 heteroatoms. The molecule has 0 saturated heterocycles. The van der Waals surface area contributed by atoms with Crippen LogP contribution in [0.2, 0.25) is 0 Å². The van der Waals surface area contributed by atoms with Crippen molar-refractivity contribution in [1.29, 1.82) is 0 Å². The van der Waals surface area contributed by atoms with Crippen molar-refractivity contribution in [2.24, 2.45) is 5.73 Å². The summed E-state index contributed by atoms with van der Waals surface area (Å²) in [6.07, 6.45) is -2.44. The van der Waals surface area contributed by atoms with Crippen LogP contribution in [0, 0.1) is 0 Å². The van der Waals surface area contributed by atoms with Gasteiger partial charge >= 0.3 is 6.36 Å². The fraction of sp³-hybridized carbons (Fsp3) is 0.462. The molecule has 0 bridgehead atoms. The van der Waals surface area contributed by atoms with Gasteiger partial charge in [-0.15, -0.1) is 13.2 Å². The molecule has 1 fully saturated rings. The molecule has 1 amide bonds. The standard InChI is InChI=1S/C13H15F3N2O2/c14-13(15,16)20-10-4-2-9(3-5-10)8-18-11(19)12(17)6-1-7-12/h2-5H,1,6-8,17H2,(H,18,19). The summed E-state index contributed by atoms with van der Waals surface area (Å²) in [5, 5.41) is 2.68. The van der Waals surface area contributed by atoms with E-state index in [4.69, 9.17) is 5.73 Å². The van der Waals surface area contributed by atoms with Crippen molar-refractivity contribution in [3.8, 4) is 5.75 Å². The number of hydrogen-bond acceptors (Lipinski definition) is 3. The van der Waals surface area contributed by atoms with E-state index in [-0.39, 0.29) is 18.2 Å². The van der Waals surface area contributed by atoms with Gasteiger partial charge in [0.1, 0.15) is 5.75 Å². The Labute approximate surface area is 114 Å². The molecule has 0 unspecified atom stereocenters. The topological polar surface area (TPSA) is 64.4 Å². The average Bonchev–Trinajstić information content (AvgIpc) is 2.33. The summed E-state index contributed by atoms with van der Waals surface area (Å²) < 4.78 is 39.7. The van der Waals surface area contributed by atoms with Crippen molar-refractivity contribution in [2.45, 2.75) is 37.7 Å². The van der Waals surface area contributed by atoms with Crippen molar-refractivity contribution in [2.75, 3.05) is 0 Å². The van der Waals surface area contributed by atoms with Gasteiger partial charge in [0.25, 0.3) is 0 Å². The van der Waals surface area contributed by atoms with E-state index < -0.39 is 11.9 Å². The molecule has 0 aliphatic heterocycles. The zero-order valence-electron chi connectivity index (χ0n) is 10.7. The van der Waals surface area contributed by atoms with Gasteiger partial charge in [0.15, 0.2) is 0 Å². The normalized spacial score (nSPS) is 17.2. The zero-order chi connectivity index (χ0) is 14.8. The number of alkyl halides is 3. The van der Waals surface area contributed by atoms with Gasteiger partial charge in [0, 0.05) is 6.54 Å². The number of carbonyl (C=O) groups is 1. The highest BCUT2D eigenvalue weighted by Crippen LogP contribution is 2.29. The van der Waals surface area contributed by atoms with E-state index in [0.29, 0.717) is 18.4 Å². The number of benzene rings is 1. The first-order valence-corrected chi connectivity index (χ1v) is 6.20. The van der Waals surface area contributed by atoms with Crippen molar-refractivity contribution in [3.05, 3.63) is 29.8 Å². The molecule has 20 heavy (non-hydrogen) atoms. The van der Waals surface area contributed by atoms with Gasteiger partial charge in [-0.25, -0.2) is 0 Å².